The topological polar surface area (TPSA) is 76.0 Å². The number of carbonyl (C=O) groups excluding carboxylic acids is 1. The van der Waals surface area contributed by atoms with E-state index in [1.165, 1.54) is 16.5 Å². The SMILES string of the molecule is Cc1ncn(CCNC(=O)Nc2ccc(C(C)(C)C)cc2)c(=O)c1C. The van der Waals surface area contributed by atoms with Crippen molar-refractivity contribution in [2.75, 3.05) is 11.9 Å². The Bertz CT molecular complexity index is 802. The van der Waals surface area contributed by atoms with Crippen LogP contribution in [-0.4, -0.2) is 22.1 Å². The molecule has 0 saturated heterocycles. The van der Waals surface area contributed by atoms with Crippen molar-refractivity contribution >= 4 is 11.7 Å². The molecule has 0 bridgehead atoms. The maximum absolute atomic E-state index is 12.1. The van der Waals surface area contributed by atoms with Crippen LogP contribution in [0.4, 0.5) is 10.5 Å². The lowest BCUT2D eigenvalue weighted by Crippen LogP contribution is -2.34. The molecule has 0 radical (unpaired) electrons. The van der Waals surface area contributed by atoms with Crippen LogP contribution in [0.2, 0.25) is 0 Å². The van der Waals surface area contributed by atoms with Gasteiger partial charge in [-0.25, -0.2) is 9.78 Å². The smallest absolute Gasteiger partial charge is 0.319 e. The largest absolute Gasteiger partial charge is 0.336 e. The molecule has 0 aliphatic carbocycles. The summed E-state index contributed by atoms with van der Waals surface area (Å²) in [5, 5.41) is 5.54. The first kappa shape index (κ1) is 18.7. The number of anilines is 1. The van der Waals surface area contributed by atoms with Gasteiger partial charge in [0.1, 0.15) is 0 Å². The van der Waals surface area contributed by atoms with Gasteiger partial charge in [0, 0.05) is 30.0 Å². The molecule has 0 aliphatic heterocycles. The van der Waals surface area contributed by atoms with E-state index in [0.717, 1.165) is 11.4 Å². The number of carbonyl (C=O) groups is 1. The number of urea groups is 1. The van der Waals surface area contributed by atoms with Crippen molar-refractivity contribution < 1.29 is 4.79 Å². The number of amides is 2. The summed E-state index contributed by atoms with van der Waals surface area (Å²) >= 11 is 0. The number of rotatable bonds is 4. The zero-order chi connectivity index (χ0) is 18.6. The first-order valence-corrected chi connectivity index (χ1v) is 8.36. The summed E-state index contributed by atoms with van der Waals surface area (Å²) in [6.07, 6.45) is 1.51. The minimum Gasteiger partial charge on any atom is -0.336 e. The Labute approximate surface area is 148 Å². The standard InChI is InChI=1S/C19H26N4O2/c1-13-14(2)21-12-23(17(13)24)11-10-20-18(25)22-16-8-6-15(7-9-16)19(3,4)5/h6-9,12H,10-11H2,1-5H3,(H2,20,22,25). The first-order valence-electron chi connectivity index (χ1n) is 8.36. The van der Waals surface area contributed by atoms with E-state index >= 15 is 0 Å². The lowest BCUT2D eigenvalue weighted by Gasteiger charge is -2.19. The van der Waals surface area contributed by atoms with Crippen LogP contribution in [0.3, 0.4) is 0 Å². The molecular formula is C19H26N4O2. The van der Waals surface area contributed by atoms with E-state index in [0.29, 0.717) is 18.7 Å². The van der Waals surface area contributed by atoms with E-state index in [1.54, 1.807) is 13.8 Å². The summed E-state index contributed by atoms with van der Waals surface area (Å²) < 4.78 is 1.50. The Morgan fingerprint density at radius 2 is 1.80 bits per heavy atom. The Kier molecular flexibility index (Phi) is 5.62. The zero-order valence-corrected chi connectivity index (χ0v) is 15.5. The normalized spacial score (nSPS) is 11.2. The van der Waals surface area contributed by atoms with Gasteiger partial charge < -0.3 is 10.6 Å². The van der Waals surface area contributed by atoms with Crippen molar-refractivity contribution in [1.29, 1.82) is 0 Å². The average Bonchev–Trinajstić information content (AvgIpc) is 2.54. The van der Waals surface area contributed by atoms with E-state index < -0.39 is 0 Å². The number of aryl methyl sites for hydroxylation is 1. The maximum atomic E-state index is 12.1. The van der Waals surface area contributed by atoms with Gasteiger partial charge in [0.25, 0.3) is 5.56 Å². The fourth-order valence-electron chi connectivity index (χ4n) is 2.35. The van der Waals surface area contributed by atoms with Crippen LogP contribution < -0.4 is 16.2 Å². The summed E-state index contributed by atoms with van der Waals surface area (Å²) in [6.45, 7) is 10.7. The highest BCUT2D eigenvalue weighted by atomic mass is 16.2. The van der Waals surface area contributed by atoms with Crippen molar-refractivity contribution in [1.82, 2.24) is 14.9 Å². The van der Waals surface area contributed by atoms with E-state index in [1.807, 2.05) is 24.3 Å². The van der Waals surface area contributed by atoms with Crippen LogP contribution in [0.15, 0.2) is 35.4 Å². The van der Waals surface area contributed by atoms with E-state index in [2.05, 4.69) is 36.4 Å². The summed E-state index contributed by atoms with van der Waals surface area (Å²) in [5.74, 6) is 0. The third-order valence-corrected chi connectivity index (χ3v) is 4.16. The molecule has 6 heteroatoms. The Hall–Kier alpha value is -2.63. The predicted molar refractivity (Wildman–Crippen MR) is 100 cm³/mol. The molecule has 6 nitrogen and oxygen atoms in total. The number of nitrogens with zero attached hydrogens (tertiary/aromatic N) is 2. The number of aromatic nitrogens is 2. The predicted octanol–water partition coefficient (Wildman–Crippen LogP) is 2.98. The molecule has 2 rings (SSSR count). The quantitative estimate of drug-likeness (QED) is 0.897. The number of hydrogen-bond acceptors (Lipinski definition) is 3. The fraction of sp³-hybridized carbons (Fsp3) is 0.421. The average molecular weight is 342 g/mol. The van der Waals surface area contributed by atoms with Crippen LogP contribution in [0.1, 0.15) is 37.6 Å². The molecule has 0 fully saturated rings. The molecule has 1 aromatic heterocycles. The van der Waals surface area contributed by atoms with Gasteiger partial charge in [-0.3, -0.25) is 9.36 Å². The summed E-state index contributed by atoms with van der Waals surface area (Å²) in [7, 11) is 0. The molecule has 25 heavy (non-hydrogen) atoms. The van der Waals surface area contributed by atoms with Gasteiger partial charge in [0.2, 0.25) is 0 Å². The third-order valence-electron chi connectivity index (χ3n) is 4.16. The minimum absolute atomic E-state index is 0.0764. The second-order valence-corrected chi connectivity index (χ2v) is 7.16. The zero-order valence-electron chi connectivity index (χ0n) is 15.5. The molecule has 0 unspecified atom stereocenters. The van der Waals surface area contributed by atoms with Crippen molar-refractivity contribution in [2.45, 2.75) is 46.6 Å². The molecule has 0 spiro atoms. The monoisotopic (exact) mass is 342 g/mol. The second kappa shape index (κ2) is 7.51. The van der Waals surface area contributed by atoms with Gasteiger partial charge in [-0.15, -0.1) is 0 Å². The number of benzene rings is 1. The van der Waals surface area contributed by atoms with Gasteiger partial charge in [-0.05, 0) is 37.0 Å². The van der Waals surface area contributed by atoms with Crippen molar-refractivity contribution in [3.63, 3.8) is 0 Å². The maximum Gasteiger partial charge on any atom is 0.319 e. The number of nitrogens with one attached hydrogen (secondary N) is 2. The molecule has 2 amide bonds. The Morgan fingerprint density at radius 1 is 1.16 bits per heavy atom. The van der Waals surface area contributed by atoms with Crippen molar-refractivity contribution in [3.8, 4) is 0 Å². The lowest BCUT2D eigenvalue weighted by atomic mass is 9.87. The van der Waals surface area contributed by atoms with Gasteiger partial charge in [0.15, 0.2) is 0 Å². The van der Waals surface area contributed by atoms with Crippen molar-refractivity contribution in [3.05, 3.63) is 57.8 Å². The lowest BCUT2D eigenvalue weighted by molar-refractivity contribution is 0.251. The van der Waals surface area contributed by atoms with Gasteiger partial charge in [0.05, 0.1) is 6.33 Å². The van der Waals surface area contributed by atoms with Crippen LogP contribution in [0.25, 0.3) is 0 Å². The van der Waals surface area contributed by atoms with Gasteiger partial charge >= 0.3 is 6.03 Å². The van der Waals surface area contributed by atoms with E-state index in [9.17, 15) is 9.59 Å². The van der Waals surface area contributed by atoms with Crippen molar-refractivity contribution in [2.24, 2.45) is 0 Å². The van der Waals surface area contributed by atoms with E-state index in [4.69, 9.17) is 0 Å². The fourth-order valence-corrected chi connectivity index (χ4v) is 2.35. The highest BCUT2D eigenvalue weighted by Gasteiger charge is 2.13. The van der Waals surface area contributed by atoms with E-state index in [-0.39, 0.29) is 17.0 Å². The Balaban J connectivity index is 1.87. The molecular weight excluding hydrogens is 316 g/mol. The van der Waals surface area contributed by atoms with Crippen LogP contribution in [-0.2, 0) is 12.0 Å². The van der Waals surface area contributed by atoms with Gasteiger partial charge in [-0.2, -0.15) is 0 Å². The number of hydrogen-bond donors (Lipinski definition) is 2. The van der Waals surface area contributed by atoms with Crippen LogP contribution in [0.5, 0.6) is 0 Å². The molecule has 2 N–H and O–H groups in total. The van der Waals surface area contributed by atoms with Gasteiger partial charge in [-0.1, -0.05) is 32.9 Å². The molecule has 1 heterocycles. The minimum atomic E-state index is -0.298. The van der Waals surface area contributed by atoms with Crippen LogP contribution in [0, 0.1) is 13.8 Å². The van der Waals surface area contributed by atoms with Crippen LogP contribution >= 0.6 is 0 Å². The summed E-state index contributed by atoms with van der Waals surface area (Å²) in [4.78, 5) is 28.2. The first-order chi connectivity index (χ1) is 11.7. The highest BCUT2D eigenvalue weighted by Crippen LogP contribution is 2.23. The summed E-state index contributed by atoms with van der Waals surface area (Å²) in [5.41, 5.74) is 3.30. The highest BCUT2D eigenvalue weighted by molar-refractivity contribution is 5.89. The second-order valence-electron chi connectivity index (χ2n) is 7.16. The third kappa shape index (κ3) is 4.92. The Morgan fingerprint density at radius 3 is 2.40 bits per heavy atom. The molecule has 134 valence electrons. The molecule has 1 aromatic carbocycles. The molecule has 0 atom stereocenters. The molecule has 0 saturated carbocycles. The summed E-state index contributed by atoms with van der Waals surface area (Å²) in [6, 6.07) is 7.50. The molecule has 2 aromatic rings. The molecule has 0 aliphatic rings.